The van der Waals surface area contributed by atoms with Crippen LogP contribution < -0.4 is 5.32 Å². The molecule has 0 saturated heterocycles. The van der Waals surface area contributed by atoms with Gasteiger partial charge in [0.25, 0.3) is 0 Å². The molecule has 0 aliphatic carbocycles. The zero-order valence-electron chi connectivity index (χ0n) is 13.7. The molecule has 3 rings (SSSR count). The van der Waals surface area contributed by atoms with E-state index in [0.29, 0.717) is 5.56 Å². The number of aliphatic hydroxyl groups excluding tert-OH is 1. The van der Waals surface area contributed by atoms with Gasteiger partial charge in [0.2, 0.25) is 0 Å². The SMILES string of the molecule is Cn1cc(C(NCC(O)c2ccc(F)cc2)c2cccc(F)c2)cn1. The number of benzene rings is 2. The van der Waals surface area contributed by atoms with Gasteiger partial charge in [-0.05, 0) is 35.4 Å². The Morgan fingerprint density at radius 1 is 1.04 bits per heavy atom. The molecule has 1 heterocycles. The molecule has 0 radical (unpaired) electrons. The molecule has 0 spiro atoms. The predicted octanol–water partition coefficient (Wildman–Crippen LogP) is 3.11. The van der Waals surface area contributed by atoms with Gasteiger partial charge in [0.05, 0.1) is 18.3 Å². The molecule has 0 saturated carbocycles. The summed E-state index contributed by atoms with van der Waals surface area (Å²) >= 11 is 0. The molecule has 25 heavy (non-hydrogen) atoms. The van der Waals surface area contributed by atoms with Gasteiger partial charge in [-0.25, -0.2) is 8.78 Å². The van der Waals surface area contributed by atoms with Crippen LogP contribution in [0.15, 0.2) is 60.9 Å². The van der Waals surface area contributed by atoms with E-state index in [0.717, 1.165) is 11.1 Å². The van der Waals surface area contributed by atoms with Gasteiger partial charge in [-0.2, -0.15) is 5.10 Å². The molecule has 2 aromatic carbocycles. The van der Waals surface area contributed by atoms with Crippen molar-refractivity contribution in [2.45, 2.75) is 12.1 Å². The molecule has 0 aliphatic rings. The van der Waals surface area contributed by atoms with E-state index in [1.54, 1.807) is 36.1 Å². The van der Waals surface area contributed by atoms with Gasteiger partial charge in [0.15, 0.2) is 0 Å². The summed E-state index contributed by atoms with van der Waals surface area (Å²) in [6.45, 7) is 0.224. The molecule has 2 atom stereocenters. The molecule has 2 N–H and O–H groups in total. The molecular weight excluding hydrogens is 324 g/mol. The molecule has 6 heteroatoms. The lowest BCUT2D eigenvalue weighted by Gasteiger charge is -2.20. The largest absolute Gasteiger partial charge is 0.387 e. The number of hydrogen-bond acceptors (Lipinski definition) is 3. The molecule has 4 nitrogen and oxygen atoms in total. The van der Waals surface area contributed by atoms with Crippen molar-refractivity contribution in [3.63, 3.8) is 0 Å². The number of rotatable bonds is 6. The maximum absolute atomic E-state index is 13.6. The van der Waals surface area contributed by atoms with Crippen LogP contribution in [0.1, 0.15) is 28.8 Å². The van der Waals surface area contributed by atoms with Crippen LogP contribution >= 0.6 is 0 Å². The monoisotopic (exact) mass is 343 g/mol. The number of nitrogens with zero attached hydrogens (tertiary/aromatic N) is 2. The first-order chi connectivity index (χ1) is 12.0. The number of aryl methyl sites for hydroxylation is 1. The minimum Gasteiger partial charge on any atom is -0.387 e. The molecule has 0 aliphatic heterocycles. The van der Waals surface area contributed by atoms with E-state index in [2.05, 4.69) is 10.4 Å². The van der Waals surface area contributed by atoms with Gasteiger partial charge in [-0.1, -0.05) is 24.3 Å². The summed E-state index contributed by atoms with van der Waals surface area (Å²) in [5.41, 5.74) is 2.21. The van der Waals surface area contributed by atoms with Crippen LogP contribution in [0.4, 0.5) is 8.78 Å². The summed E-state index contributed by atoms with van der Waals surface area (Å²) in [6.07, 6.45) is 2.73. The second-order valence-corrected chi connectivity index (χ2v) is 5.91. The number of halogens is 2. The normalized spacial score (nSPS) is 13.6. The van der Waals surface area contributed by atoms with Gasteiger partial charge in [-0.3, -0.25) is 4.68 Å². The molecule has 0 fully saturated rings. The van der Waals surface area contributed by atoms with Gasteiger partial charge < -0.3 is 10.4 Å². The highest BCUT2D eigenvalue weighted by Gasteiger charge is 2.18. The summed E-state index contributed by atoms with van der Waals surface area (Å²) < 4.78 is 28.3. The van der Waals surface area contributed by atoms with Gasteiger partial charge in [-0.15, -0.1) is 0 Å². The van der Waals surface area contributed by atoms with Crippen LogP contribution in [0.2, 0.25) is 0 Å². The van der Waals surface area contributed by atoms with Crippen molar-refractivity contribution < 1.29 is 13.9 Å². The van der Waals surface area contributed by atoms with Crippen LogP contribution in [-0.2, 0) is 7.05 Å². The summed E-state index contributed by atoms with van der Waals surface area (Å²) in [5.74, 6) is -0.677. The van der Waals surface area contributed by atoms with E-state index in [-0.39, 0.29) is 24.2 Å². The van der Waals surface area contributed by atoms with Crippen LogP contribution in [0.3, 0.4) is 0 Å². The lowest BCUT2D eigenvalue weighted by Crippen LogP contribution is -2.27. The Labute approximate surface area is 144 Å². The number of aliphatic hydroxyl groups is 1. The third-order valence-electron chi connectivity index (χ3n) is 4.01. The van der Waals surface area contributed by atoms with Crippen molar-refractivity contribution in [1.29, 1.82) is 0 Å². The van der Waals surface area contributed by atoms with Crippen LogP contribution in [0.5, 0.6) is 0 Å². The fourth-order valence-electron chi connectivity index (χ4n) is 2.74. The van der Waals surface area contributed by atoms with Crippen LogP contribution in [-0.4, -0.2) is 21.4 Å². The van der Waals surface area contributed by atoms with E-state index >= 15 is 0 Å². The summed E-state index contributed by atoms with van der Waals surface area (Å²) in [4.78, 5) is 0. The smallest absolute Gasteiger partial charge is 0.123 e. The maximum atomic E-state index is 13.6. The number of hydrogen-bond donors (Lipinski definition) is 2. The highest BCUT2D eigenvalue weighted by Crippen LogP contribution is 2.23. The molecule has 0 bridgehead atoms. The van der Waals surface area contributed by atoms with E-state index in [1.165, 1.54) is 24.3 Å². The van der Waals surface area contributed by atoms with Crippen molar-refractivity contribution >= 4 is 0 Å². The second-order valence-electron chi connectivity index (χ2n) is 5.91. The Balaban J connectivity index is 1.79. The fourth-order valence-corrected chi connectivity index (χ4v) is 2.74. The number of nitrogens with one attached hydrogen (secondary N) is 1. The first kappa shape index (κ1) is 17.3. The quantitative estimate of drug-likeness (QED) is 0.723. The molecule has 130 valence electrons. The highest BCUT2D eigenvalue weighted by atomic mass is 19.1. The first-order valence-corrected chi connectivity index (χ1v) is 7.94. The Bertz CT molecular complexity index is 833. The molecule has 1 aromatic heterocycles. The molecule has 2 unspecified atom stereocenters. The highest BCUT2D eigenvalue weighted by molar-refractivity contribution is 5.30. The molecule has 0 amide bonds. The predicted molar refractivity (Wildman–Crippen MR) is 90.8 cm³/mol. The lowest BCUT2D eigenvalue weighted by atomic mass is 10.0. The summed E-state index contributed by atoms with van der Waals surface area (Å²) in [7, 11) is 1.81. The van der Waals surface area contributed by atoms with Gasteiger partial charge in [0, 0.05) is 25.4 Å². The van der Waals surface area contributed by atoms with E-state index in [9.17, 15) is 13.9 Å². The third kappa shape index (κ3) is 4.29. The fraction of sp³-hybridized carbons (Fsp3) is 0.211. The van der Waals surface area contributed by atoms with Crippen molar-refractivity contribution in [1.82, 2.24) is 15.1 Å². The third-order valence-corrected chi connectivity index (χ3v) is 4.01. The van der Waals surface area contributed by atoms with Crippen LogP contribution in [0, 0.1) is 11.6 Å². The topological polar surface area (TPSA) is 50.1 Å². The summed E-state index contributed by atoms with van der Waals surface area (Å²) in [5, 5.41) is 17.7. The zero-order chi connectivity index (χ0) is 17.8. The average Bonchev–Trinajstić information content (AvgIpc) is 3.02. The van der Waals surface area contributed by atoms with Crippen molar-refractivity contribution in [3.05, 3.63) is 89.2 Å². The maximum Gasteiger partial charge on any atom is 0.123 e. The number of aromatic nitrogens is 2. The van der Waals surface area contributed by atoms with Crippen molar-refractivity contribution in [2.24, 2.45) is 7.05 Å². The average molecular weight is 343 g/mol. The Morgan fingerprint density at radius 2 is 1.80 bits per heavy atom. The van der Waals surface area contributed by atoms with Gasteiger partial charge >= 0.3 is 0 Å². The van der Waals surface area contributed by atoms with Crippen LogP contribution in [0.25, 0.3) is 0 Å². The Hall–Kier alpha value is -2.57. The first-order valence-electron chi connectivity index (χ1n) is 7.94. The Morgan fingerprint density at radius 3 is 2.44 bits per heavy atom. The second kappa shape index (κ2) is 7.55. The van der Waals surface area contributed by atoms with Crippen molar-refractivity contribution in [2.75, 3.05) is 6.54 Å². The minimum absolute atomic E-state index is 0.224. The van der Waals surface area contributed by atoms with Crippen molar-refractivity contribution in [3.8, 4) is 0 Å². The van der Waals surface area contributed by atoms with E-state index < -0.39 is 6.10 Å². The standard InChI is InChI=1S/C19H19F2N3O/c1-24-12-15(10-23-24)19(14-3-2-4-17(21)9-14)22-11-18(25)13-5-7-16(20)8-6-13/h2-10,12,18-19,22,25H,11H2,1H3. The molecular formula is C19H19F2N3O. The van der Waals surface area contributed by atoms with Gasteiger partial charge in [0.1, 0.15) is 11.6 Å². The molecule has 3 aromatic rings. The Kier molecular flexibility index (Phi) is 5.21. The lowest BCUT2D eigenvalue weighted by molar-refractivity contribution is 0.172. The minimum atomic E-state index is -0.812. The van der Waals surface area contributed by atoms with E-state index in [1.807, 2.05) is 12.3 Å². The zero-order valence-corrected chi connectivity index (χ0v) is 13.7. The summed E-state index contributed by atoms with van der Waals surface area (Å²) in [6, 6.07) is 11.7. The van der Waals surface area contributed by atoms with E-state index in [4.69, 9.17) is 0 Å².